The molecule has 0 saturated heterocycles. The lowest BCUT2D eigenvalue weighted by molar-refractivity contribution is -0.111. The van der Waals surface area contributed by atoms with Crippen molar-refractivity contribution in [2.75, 3.05) is 19.5 Å². The van der Waals surface area contributed by atoms with Crippen LogP contribution in [0.25, 0.3) is 16.2 Å². The largest absolute Gasteiger partial charge is 0.497 e. The summed E-state index contributed by atoms with van der Waals surface area (Å²) >= 11 is 7.89. The van der Waals surface area contributed by atoms with Gasteiger partial charge in [-0.05, 0) is 30.3 Å². The van der Waals surface area contributed by atoms with E-state index < -0.39 is 0 Å². The number of anilines is 1. The van der Waals surface area contributed by atoms with Gasteiger partial charge in [0.05, 0.1) is 23.4 Å². The summed E-state index contributed by atoms with van der Waals surface area (Å²) in [6, 6.07) is 12.7. The molecule has 0 unspecified atom stereocenters. The fourth-order valence-electron chi connectivity index (χ4n) is 2.55. The maximum Gasteiger partial charge on any atom is 0.253 e. The molecule has 2 N–H and O–H groups in total. The summed E-state index contributed by atoms with van der Waals surface area (Å²) in [5.41, 5.74) is 0.714. The van der Waals surface area contributed by atoms with Gasteiger partial charge in [0.15, 0.2) is 0 Å². The third-order valence-electron chi connectivity index (χ3n) is 3.90. The van der Waals surface area contributed by atoms with Gasteiger partial charge in [-0.1, -0.05) is 29.8 Å². The number of amides is 2. The third kappa shape index (κ3) is 4.13. The molecular formula is C20H17ClN2O3S. The number of fused-ring (bicyclic) bond motifs is 1. The standard InChI is InChI=1S/C20H17ClN2O3S/c1-22-20(25)14-11-12(26-2)7-8-15(14)23-18(24)10-9-17-19(21)13-5-3-4-6-16(13)27-17/h3-11H,1-2H3,(H,22,25)(H,23,24)/b10-9+. The van der Waals surface area contributed by atoms with E-state index in [1.165, 1.54) is 31.6 Å². The highest BCUT2D eigenvalue weighted by Crippen LogP contribution is 2.35. The summed E-state index contributed by atoms with van der Waals surface area (Å²) in [6.45, 7) is 0. The average Bonchev–Trinajstić information content (AvgIpc) is 3.02. The fraction of sp³-hybridized carbons (Fsp3) is 0.100. The number of carbonyl (C=O) groups is 2. The van der Waals surface area contributed by atoms with Crippen LogP contribution in [0.4, 0.5) is 5.69 Å². The van der Waals surface area contributed by atoms with E-state index in [0.717, 1.165) is 15.0 Å². The molecule has 0 fully saturated rings. The van der Waals surface area contributed by atoms with Gasteiger partial charge in [-0.3, -0.25) is 9.59 Å². The molecular weight excluding hydrogens is 384 g/mol. The Labute approximate surface area is 165 Å². The molecule has 1 heterocycles. The first-order chi connectivity index (χ1) is 13.0. The summed E-state index contributed by atoms with van der Waals surface area (Å²) in [6.07, 6.45) is 3.07. The monoisotopic (exact) mass is 400 g/mol. The zero-order chi connectivity index (χ0) is 19.4. The Balaban J connectivity index is 1.82. The van der Waals surface area contributed by atoms with Crippen molar-refractivity contribution in [2.45, 2.75) is 0 Å². The van der Waals surface area contributed by atoms with Gasteiger partial charge in [-0.15, -0.1) is 11.3 Å². The van der Waals surface area contributed by atoms with E-state index in [1.807, 2.05) is 24.3 Å². The molecule has 1 aromatic heterocycles. The second-order valence-corrected chi connectivity index (χ2v) is 7.05. The molecule has 5 nitrogen and oxygen atoms in total. The van der Waals surface area contributed by atoms with Crippen molar-refractivity contribution in [3.05, 3.63) is 64.0 Å². The number of rotatable bonds is 5. The predicted molar refractivity (Wildman–Crippen MR) is 111 cm³/mol. The first-order valence-electron chi connectivity index (χ1n) is 8.09. The van der Waals surface area contributed by atoms with Crippen LogP contribution >= 0.6 is 22.9 Å². The normalized spacial score (nSPS) is 10.9. The minimum atomic E-state index is -0.362. The Morgan fingerprint density at radius 1 is 1.19 bits per heavy atom. The Hall–Kier alpha value is -2.83. The van der Waals surface area contributed by atoms with Gasteiger partial charge in [0.2, 0.25) is 5.91 Å². The smallest absolute Gasteiger partial charge is 0.253 e. The first-order valence-corrected chi connectivity index (χ1v) is 9.29. The topological polar surface area (TPSA) is 67.4 Å². The van der Waals surface area contributed by atoms with Gasteiger partial charge in [-0.25, -0.2) is 0 Å². The quantitative estimate of drug-likeness (QED) is 0.616. The Kier molecular flexibility index (Phi) is 5.78. The lowest BCUT2D eigenvalue weighted by Crippen LogP contribution is -2.21. The van der Waals surface area contributed by atoms with Crippen LogP contribution in [0.5, 0.6) is 5.75 Å². The van der Waals surface area contributed by atoms with Crippen molar-refractivity contribution in [2.24, 2.45) is 0 Å². The van der Waals surface area contributed by atoms with Crippen molar-refractivity contribution in [3.8, 4) is 5.75 Å². The molecule has 2 aromatic carbocycles. The highest BCUT2D eigenvalue weighted by Gasteiger charge is 2.13. The van der Waals surface area contributed by atoms with Gasteiger partial charge < -0.3 is 15.4 Å². The molecule has 27 heavy (non-hydrogen) atoms. The number of hydrogen-bond acceptors (Lipinski definition) is 4. The minimum absolute atomic E-state index is 0.318. The predicted octanol–water partition coefficient (Wildman–Crippen LogP) is 4.57. The molecule has 0 spiro atoms. The highest BCUT2D eigenvalue weighted by molar-refractivity contribution is 7.20. The summed E-state index contributed by atoms with van der Waals surface area (Å²) in [7, 11) is 3.04. The molecule has 0 aliphatic carbocycles. The van der Waals surface area contributed by atoms with Crippen LogP contribution in [0.3, 0.4) is 0 Å². The summed E-state index contributed by atoms with van der Waals surface area (Å²) < 4.78 is 6.19. The van der Waals surface area contributed by atoms with Crippen LogP contribution in [-0.2, 0) is 4.79 Å². The number of carbonyl (C=O) groups excluding carboxylic acids is 2. The number of thiophene rings is 1. The fourth-order valence-corrected chi connectivity index (χ4v) is 3.95. The molecule has 0 radical (unpaired) electrons. The average molecular weight is 401 g/mol. The number of benzene rings is 2. The van der Waals surface area contributed by atoms with Gasteiger partial charge in [0.1, 0.15) is 5.75 Å². The van der Waals surface area contributed by atoms with E-state index in [1.54, 1.807) is 24.3 Å². The molecule has 0 atom stereocenters. The number of nitrogens with one attached hydrogen (secondary N) is 2. The van der Waals surface area contributed by atoms with Crippen LogP contribution < -0.4 is 15.4 Å². The molecule has 3 aromatic rings. The Morgan fingerprint density at radius 3 is 2.67 bits per heavy atom. The lowest BCUT2D eigenvalue weighted by atomic mass is 10.1. The zero-order valence-corrected chi connectivity index (χ0v) is 16.3. The molecule has 0 bridgehead atoms. The minimum Gasteiger partial charge on any atom is -0.497 e. The van der Waals surface area contributed by atoms with Crippen LogP contribution in [0.1, 0.15) is 15.2 Å². The van der Waals surface area contributed by atoms with E-state index >= 15 is 0 Å². The summed E-state index contributed by atoms with van der Waals surface area (Å²) in [4.78, 5) is 25.2. The maximum atomic E-state index is 12.3. The molecule has 7 heteroatoms. The second kappa shape index (κ2) is 8.24. The van der Waals surface area contributed by atoms with E-state index in [2.05, 4.69) is 10.6 Å². The number of methoxy groups -OCH3 is 1. The van der Waals surface area contributed by atoms with Gasteiger partial charge >= 0.3 is 0 Å². The van der Waals surface area contributed by atoms with Gasteiger partial charge in [0.25, 0.3) is 5.91 Å². The first kappa shape index (κ1) is 18.9. The Morgan fingerprint density at radius 2 is 1.96 bits per heavy atom. The van der Waals surface area contributed by atoms with Crippen molar-refractivity contribution >= 4 is 56.6 Å². The van der Waals surface area contributed by atoms with Crippen molar-refractivity contribution in [3.63, 3.8) is 0 Å². The van der Waals surface area contributed by atoms with Crippen molar-refractivity contribution in [1.29, 1.82) is 0 Å². The van der Waals surface area contributed by atoms with E-state index in [9.17, 15) is 9.59 Å². The van der Waals surface area contributed by atoms with Gasteiger partial charge in [-0.2, -0.15) is 0 Å². The van der Waals surface area contributed by atoms with Crippen molar-refractivity contribution < 1.29 is 14.3 Å². The summed E-state index contributed by atoms with van der Waals surface area (Å²) in [5, 5.41) is 6.85. The zero-order valence-electron chi connectivity index (χ0n) is 14.7. The van der Waals surface area contributed by atoms with E-state index in [0.29, 0.717) is 22.0 Å². The van der Waals surface area contributed by atoms with E-state index in [-0.39, 0.29) is 11.8 Å². The third-order valence-corrected chi connectivity index (χ3v) is 5.56. The van der Waals surface area contributed by atoms with Crippen molar-refractivity contribution in [1.82, 2.24) is 5.32 Å². The number of ether oxygens (including phenoxy) is 1. The van der Waals surface area contributed by atoms with E-state index in [4.69, 9.17) is 16.3 Å². The SMILES string of the molecule is CNC(=O)c1cc(OC)ccc1NC(=O)/C=C/c1sc2ccccc2c1Cl. The molecule has 138 valence electrons. The van der Waals surface area contributed by atoms with Crippen LogP contribution in [0.15, 0.2) is 48.5 Å². The summed E-state index contributed by atoms with van der Waals surface area (Å²) in [5.74, 6) is -0.154. The molecule has 3 rings (SSSR count). The molecule has 0 aliphatic rings. The highest BCUT2D eigenvalue weighted by atomic mass is 35.5. The van der Waals surface area contributed by atoms with Crippen LogP contribution in [-0.4, -0.2) is 26.0 Å². The maximum absolute atomic E-state index is 12.3. The van der Waals surface area contributed by atoms with Crippen LogP contribution in [0.2, 0.25) is 5.02 Å². The molecule has 0 aliphatic heterocycles. The number of hydrogen-bond donors (Lipinski definition) is 2. The lowest BCUT2D eigenvalue weighted by Gasteiger charge is -2.10. The van der Waals surface area contributed by atoms with Crippen LogP contribution in [0, 0.1) is 0 Å². The van der Waals surface area contributed by atoms with Gasteiger partial charge in [0, 0.05) is 28.1 Å². The molecule has 2 amide bonds. The molecule has 0 saturated carbocycles. The Bertz CT molecular complexity index is 1040. The number of halogens is 1. The second-order valence-electron chi connectivity index (χ2n) is 5.59.